The summed E-state index contributed by atoms with van der Waals surface area (Å²) in [7, 11) is 0. The Bertz CT molecular complexity index is 151. The minimum absolute atomic E-state index is 1.03. The summed E-state index contributed by atoms with van der Waals surface area (Å²) in [6.45, 7) is 10.5. The van der Waals surface area contributed by atoms with Crippen molar-refractivity contribution in [1.82, 2.24) is 4.90 Å². The van der Waals surface area contributed by atoms with Crippen LogP contribution in [0.3, 0.4) is 0 Å². The van der Waals surface area contributed by atoms with Gasteiger partial charge < -0.3 is 4.90 Å². The van der Waals surface area contributed by atoms with Crippen LogP contribution in [0.4, 0.5) is 0 Å². The SMILES string of the molecule is CC.CCCC1CCN(CC2CCC2)C1. The maximum absolute atomic E-state index is 2.71. The molecule has 2 aliphatic rings. The van der Waals surface area contributed by atoms with Gasteiger partial charge in [0.25, 0.3) is 0 Å². The number of hydrogen-bond acceptors (Lipinski definition) is 1. The minimum Gasteiger partial charge on any atom is -0.303 e. The molecule has 0 bridgehead atoms. The topological polar surface area (TPSA) is 3.24 Å². The van der Waals surface area contributed by atoms with Gasteiger partial charge in [0.15, 0.2) is 0 Å². The van der Waals surface area contributed by atoms with Crippen LogP contribution in [0.25, 0.3) is 0 Å². The van der Waals surface area contributed by atoms with Crippen molar-refractivity contribution < 1.29 is 0 Å². The van der Waals surface area contributed by atoms with E-state index in [0.717, 1.165) is 11.8 Å². The van der Waals surface area contributed by atoms with Gasteiger partial charge in [-0.25, -0.2) is 0 Å². The second-order valence-corrected chi connectivity index (χ2v) is 5.00. The second kappa shape index (κ2) is 7.27. The molecule has 1 nitrogen and oxygen atoms in total. The molecule has 1 unspecified atom stereocenters. The van der Waals surface area contributed by atoms with Crippen LogP contribution < -0.4 is 0 Å². The van der Waals surface area contributed by atoms with Gasteiger partial charge in [0, 0.05) is 13.1 Å². The standard InChI is InChI=1S/C12H23N.C2H6/c1-2-4-11-7-8-13(9-11)10-12-5-3-6-12;1-2/h11-12H,2-10H2,1H3;1-2H3. The van der Waals surface area contributed by atoms with Crippen LogP contribution >= 0.6 is 0 Å². The number of hydrogen-bond donors (Lipinski definition) is 0. The van der Waals surface area contributed by atoms with Crippen LogP contribution in [-0.4, -0.2) is 24.5 Å². The second-order valence-electron chi connectivity index (χ2n) is 5.00. The first-order valence-corrected chi connectivity index (χ1v) is 7.11. The summed E-state index contributed by atoms with van der Waals surface area (Å²) >= 11 is 0. The molecular weight excluding hydrogens is 182 g/mol. The van der Waals surface area contributed by atoms with Gasteiger partial charge in [-0.15, -0.1) is 0 Å². The van der Waals surface area contributed by atoms with Gasteiger partial charge in [-0.1, -0.05) is 33.6 Å². The predicted molar refractivity (Wildman–Crippen MR) is 68.1 cm³/mol. The van der Waals surface area contributed by atoms with Crippen LogP contribution in [0.15, 0.2) is 0 Å². The third-order valence-electron chi connectivity index (χ3n) is 3.81. The van der Waals surface area contributed by atoms with Crippen molar-refractivity contribution in [3.8, 4) is 0 Å². The Morgan fingerprint density at radius 3 is 2.33 bits per heavy atom. The summed E-state index contributed by atoms with van der Waals surface area (Å²) in [5.41, 5.74) is 0. The van der Waals surface area contributed by atoms with Gasteiger partial charge >= 0.3 is 0 Å². The Balaban J connectivity index is 0.000000531. The lowest BCUT2D eigenvalue weighted by Gasteiger charge is -2.30. The van der Waals surface area contributed by atoms with Gasteiger partial charge in [0.2, 0.25) is 0 Å². The Hall–Kier alpha value is -0.0400. The monoisotopic (exact) mass is 211 g/mol. The normalized spacial score (nSPS) is 27.0. The molecule has 0 aromatic heterocycles. The number of nitrogens with zero attached hydrogens (tertiary/aromatic N) is 1. The zero-order chi connectivity index (χ0) is 11.1. The molecule has 1 atom stereocenters. The van der Waals surface area contributed by atoms with Crippen LogP contribution in [0, 0.1) is 11.8 Å². The smallest absolute Gasteiger partial charge is 0.00102 e. The van der Waals surface area contributed by atoms with Crippen LogP contribution in [-0.2, 0) is 0 Å². The molecule has 1 saturated heterocycles. The minimum atomic E-state index is 1.03. The first kappa shape index (κ1) is 13.0. The molecule has 0 N–H and O–H groups in total. The molecule has 1 heteroatoms. The summed E-state index contributed by atoms with van der Waals surface area (Å²) in [6, 6.07) is 0. The third-order valence-corrected chi connectivity index (χ3v) is 3.81. The maximum atomic E-state index is 2.71. The molecular formula is C14H29N. The molecule has 1 heterocycles. The fourth-order valence-corrected chi connectivity index (χ4v) is 2.76. The van der Waals surface area contributed by atoms with E-state index in [1.54, 1.807) is 0 Å². The van der Waals surface area contributed by atoms with E-state index in [9.17, 15) is 0 Å². The van der Waals surface area contributed by atoms with E-state index in [2.05, 4.69) is 11.8 Å². The molecule has 0 aromatic rings. The lowest BCUT2D eigenvalue weighted by atomic mass is 9.85. The van der Waals surface area contributed by atoms with E-state index in [1.807, 2.05) is 13.8 Å². The Morgan fingerprint density at radius 2 is 1.80 bits per heavy atom. The van der Waals surface area contributed by atoms with Crippen molar-refractivity contribution in [3.05, 3.63) is 0 Å². The fourth-order valence-electron chi connectivity index (χ4n) is 2.76. The lowest BCUT2D eigenvalue weighted by Crippen LogP contribution is -2.30. The predicted octanol–water partition coefficient (Wildman–Crippen LogP) is 3.93. The van der Waals surface area contributed by atoms with Gasteiger partial charge in [-0.2, -0.15) is 0 Å². The first-order valence-electron chi connectivity index (χ1n) is 7.11. The van der Waals surface area contributed by atoms with Crippen molar-refractivity contribution in [2.75, 3.05) is 19.6 Å². The average Bonchev–Trinajstić information content (AvgIpc) is 2.63. The van der Waals surface area contributed by atoms with E-state index < -0.39 is 0 Å². The molecule has 90 valence electrons. The molecule has 0 aromatic carbocycles. The van der Waals surface area contributed by atoms with Gasteiger partial charge in [0.05, 0.1) is 0 Å². The molecule has 1 saturated carbocycles. The number of likely N-dealkylation sites (tertiary alicyclic amines) is 1. The van der Waals surface area contributed by atoms with E-state index in [4.69, 9.17) is 0 Å². The average molecular weight is 211 g/mol. The highest BCUT2D eigenvalue weighted by molar-refractivity contribution is 4.80. The highest BCUT2D eigenvalue weighted by Crippen LogP contribution is 2.29. The largest absolute Gasteiger partial charge is 0.303 e. The molecule has 1 aliphatic carbocycles. The fraction of sp³-hybridized carbons (Fsp3) is 1.00. The van der Waals surface area contributed by atoms with Crippen LogP contribution in [0.5, 0.6) is 0 Å². The molecule has 2 rings (SSSR count). The molecule has 15 heavy (non-hydrogen) atoms. The third kappa shape index (κ3) is 4.14. The Labute approximate surface area is 96.2 Å². The van der Waals surface area contributed by atoms with Crippen molar-refractivity contribution in [2.45, 2.75) is 59.3 Å². The summed E-state index contributed by atoms with van der Waals surface area (Å²) < 4.78 is 0. The van der Waals surface area contributed by atoms with Gasteiger partial charge in [-0.05, 0) is 44.1 Å². The first-order chi connectivity index (χ1) is 7.38. The molecule has 1 aliphatic heterocycles. The Morgan fingerprint density at radius 1 is 1.07 bits per heavy atom. The molecule has 0 radical (unpaired) electrons. The zero-order valence-electron chi connectivity index (χ0n) is 11.0. The highest BCUT2D eigenvalue weighted by atomic mass is 15.1. The maximum Gasteiger partial charge on any atom is 0.00102 e. The summed E-state index contributed by atoms with van der Waals surface area (Å²) in [4.78, 5) is 2.71. The van der Waals surface area contributed by atoms with E-state index >= 15 is 0 Å². The summed E-state index contributed by atoms with van der Waals surface area (Å²) in [5.74, 6) is 2.10. The lowest BCUT2D eigenvalue weighted by molar-refractivity contribution is 0.200. The summed E-state index contributed by atoms with van der Waals surface area (Å²) in [5, 5.41) is 0. The molecule has 0 amide bonds. The molecule has 0 spiro atoms. The Kier molecular flexibility index (Phi) is 6.31. The number of rotatable bonds is 4. The van der Waals surface area contributed by atoms with Crippen LogP contribution in [0.2, 0.25) is 0 Å². The zero-order valence-corrected chi connectivity index (χ0v) is 11.0. The van der Waals surface area contributed by atoms with E-state index in [1.165, 1.54) is 58.2 Å². The molecule has 2 fully saturated rings. The quantitative estimate of drug-likeness (QED) is 0.681. The van der Waals surface area contributed by atoms with E-state index in [0.29, 0.717) is 0 Å². The van der Waals surface area contributed by atoms with Gasteiger partial charge in [-0.3, -0.25) is 0 Å². The van der Waals surface area contributed by atoms with Crippen molar-refractivity contribution in [3.63, 3.8) is 0 Å². The van der Waals surface area contributed by atoms with Crippen LogP contribution in [0.1, 0.15) is 59.3 Å². The van der Waals surface area contributed by atoms with Gasteiger partial charge in [0.1, 0.15) is 0 Å². The van der Waals surface area contributed by atoms with Crippen molar-refractivity contribution in [1.29, 1.82) is 0 Å². The van der Waals surface area contributed by atoms with E-state index in [-0.39, 0.29) is 0 Å². The highest BCUT2D eigenvalue weighted by Gasteiger charge is 2.26. The summed E-state index contributed by atoms with van der Waals surface area (Å²) in [6.07, 6.45) is 8.82. The van der Waals surface area contributed by atoms with Crippen molar-refractivity contribution in [2.24, 2.45) is 11.8 Å². The van der Waals surface area contributed by atoms with Crippen molar-refractivity contribution >= 4 is 0 Å².